The summed E-state index contributed by atoms with van der Waals surface area (Å²) >= 11 is 0. The molecule has 2 heterocycles. The van der Waals surface area contributed by atoms with E-state index >= 15 is 0 Å². The fraction of sp³-hybridized carbons (Fsp3) is 0.538. The minimum absolute atomic E-state index is 0.119. The molecule has 0 radical (unpaired) electrons. The van der Waals surface area contributed by atoms with Crippen molar-refractivity contribution in [2.75, 3.05) is 19.8 Å². The Bertz CT molecular complexity index is 367. The molecule has 1 N–H and O–H groups in total. The van der Waals surface area contributed by atoms with Crippen molar-refractivity contribution in [3.05, 3.63) is 24.3 Å². The molecule has 2 unspecified atom stereocenters. The molecule has 0 aromatic carbocycles. The lowest BCUT2D eigenvalue weighted by Crippen LogP contribution is -2.12. The number of ether oxygens (including phenoxy) is 3. The van der Waals surface area contributed by atoms with Crippen LogP contribution in [0.5, 0.6) is 0 Å². The fourth-order valence-electron chi connectivity index (χ4n) is 0.979. The molecule has 6 heteroatoms. The van der Waals surface area contributed by atoms with Crippen molar-refractivity contribution in [3.63, 3.8) is 0 Å². The lowest BCUT2D eigenvalue weighted by atomic mass is 10.2. The molecule has 0 aromatic rings. The number of hydrogen-bond acceptors (Lipinski definition) is 5. The molecule has 0 saturated carbocycles. The average Bonchev–Trinajstić information content (AvgIpc) is 3.21. The van der Waals surface area contributed by atoms with E-state index in [0.29, 0.717) is 25.2 Å². The maximum Gasteiger partial charge on any atom is 0.333 e. The Morgan fingerprint density at radius 2 is 1.74 bits per heavy atom. The van der Waals surface area contributed by atoms with Gasteiger partial charge in [-0.2, -0.15) is 0 Å². The van der Waals surface area contributed by atoms with Crippen molar-refractivity contribution in [1.82, 2.24) is 0 Å². The largest absolute Gasteiger partial charge is 0.478 e. The molecule has 106 valence electrons. The van der Waals surface area contributed by atoms with Gasteiger partial charge in [-0.15, -0.1) is 0 Å². The summed E-state index contributed by atoms with van der Waals surface area (Å²) in [7, 11) is 0. The molecule has 0 aliphatic carbocycles. The van der Waals surface area contributed by atoms with Gasteiger partial charge >= 0.3 is 11.9 Å². The van der Waals surface area contributed by atoms with Gasteiger partial charge in [0.2, 0.25) is 0 Å². The average molecular weight is 270 g/mol. The van der Waals surface area contributed by atoms with E-state index < -0.39 is 5.97 Å². The number of rotatable bonds is 6. The van der Waals surface area contributed by atoms with Gasteiger partial charge in [-0.1, -0.05) is 13.2 Å². The Balaban J connectivity index is 0.000000258. The zero-order chi connectivity index (χ0) is 14.4. The molecule has 0 bridgehead atoms. The van der Waals surface area contributed by atoms with Gasteiger partial charge in [0.25, 0.3) is 0 Å². The van der Waals surface area contributed by atoms with Crippen LogP contribution in [0.15, 0.2) is 24.3 Å². The van der Waals surface area contributed by atoms with Crippen LogP contribution in [0.4, 0.5) is 0 Å². The van der Waals surface area contributed by atoms with E-state index in [9.17, 15) is 9.59 Å². The first-order valence-corrected chi connectivity index (χ1v) is 5.87. The number of carboxylic acid groups (broad SMARTS) is 1. The van der Waals surface area contributed by atoms with Gasteiger partial charge in [-0.05, 0) is 6.92 Å². The Morgan fingerprint density at radius 1 is 1.26 bits per heavy atom. The van der Waals surface area contributed by atoms with Crippen molar-refractivity contribution < 1.29 is 28.9 Å². The maximum absolute atomic E-state index is 11.2. The Labute approximate surface area is 111 Å². The van der Waals surface area contributed by atoms with Crippen molar-refractivity contribution in [1.29, 1.82) is 0 Å². The molecular weight excluding hydrogens is 252 g/mol. The van der Waals surface area contributed by atoms with Crippen molar-refractivity contribution in [3.8, 4) is 0 Å². The number of aliphatic carboxylic acids is 1. The number of epoxide rings is 2. The van der Waals surface area contributed by atoms with Crippen LogP contribution in [0.1, 0.15) is 13.3 Å². The normalized spacial score (nSPS) is 22.6. The molecule has 0 spiro atoms. The van der Waals surface area contributed by atoms with Crippen LogP contribution in [-0.4, -0.2) is 49.1 Å². The van der Waals surface area contributed by atoms with E-state index in [-0.39, 0.29) is 23.8 Å². The van der Waals surface area contributed by atoms with Crippen LogP contribution in [0.3, 0.4) is 0 Å². The molecule has 2 fully saturated rings. The Morgan fingerprint density at radius 3 is 2.11 bits per heavy atom. The summed E-state index contributed by atoms with van der Waals surface area (Å²) in [5.41, 5.74) is 0.665. The van der Waals surface area contributed by atoms with E-state index in [0.717, 1.165) is 6.61 Å². The molecule has 2 saturated heterocycles. The predicted molar refractivity (Wildman–Crippen MR) is 66.6 cm³/mol. The molecule has 6 nitrogen and oxygen atoms in total. The first kappa shape index (κ1) is 15.4. The summed E-state index contributed by atoms with van der Waals surface area (Å²) < 4.78 is 14.8. The van der Waals surface area contributed by atoms with E-state index in [2.05, 4.69) is 13.2 Å². The van der Waals surface area contributed by atoms with E-state index in [1.165, 1.54) is 6.92 Å². The Kier molecular flexibility index (Phi) is 5.72. The standard InChI is InChI=1S/C9H12O4.C4H6O2/c1-6(2-7-3-11-7)9(10)13-5-8-4-12-8;1-3(2)4(5)6/h7-8H,1-5H2;1H2,2H3,(H,5,6). The summed E-state index contributed by atoms with van der Waals surface area (Å²) in [6.07, 6.45) is 0.899. The highest BCUT2D eigenvalue weighted by atomic mass is 16.6. The monoisotopic (exact) mass is 270 g/mol. The second kappa shape index (κ2) is 7.06. The molecular formula is C13H18O6. The fourth-order valence-corrected chi connectivity index (χ4v) is 0.979. The number of esters is 1. The molecule has 19 heavy (non-hydrogen) atoms. The highest BCUT2D eigenvalue weighted by molar-refractivity contribution is 5.87. The highest BCUT2D eigenvalue weighted by Gasteiger charge is 2.28. The minimum Gasteiger partial charge on any atom is -0.478 e. The third-order valence-corrected chi connectivity index (χ3v) is 2.33. The lowest BCUT2D eigenvalue weighted by Gasteiger charge is -2.03. The zero-order valence-electron chi connectivity index (χ0n) is 10.9. The predicted octanol–water partition coefficient (Wildman–Crippen LogP) is 0.921. The van der Waals surface area contributed by atoms with Crippen LogP contribution in [0.2, 0.25) is 0 Å². The summed E-state index contributed by atoms with van der Waals surface area (Å²) in [5.74, 6) is -1.26. The number of hydrogen-bond donors (Lipinski definition) is 1. The lowest BCUT2D eigenvalue weighted by molar-refractivity contribution is -0.139. The maximum atomic E-state index is 11.2. The number of carbonyl (C=O) groups is 2. The summed E-state index contributed by atoms with van der Waals surface area (Å²) in [6, 6.07) is 0. The van der Waals surface area contributed by atoms with Gasteiger partial charge in [0, 0.05) is 17.6 Å². The summed E-state index contributed by atoms with van der Waals surface area (Å²) in [5, 5.41) is 7.89. The SMILES string of the molecule is C=C(C)C(=O)O.C=C(CC1CO1)C(=O)OCC1CO1. The van der Waals surface area contributed by atoms with Gasteiger partial charge in [-0.25, -0.2) is 9.59 Å². The second-order valence-electron chi connectivity index (χ2n) is 4.40. The van der Waals surface area contributed by atoms with Crippen LogP contribution in [0.25, 0.3) is 0 Å². The van der Waals surface area contributed by atoms with Crippen LogP contribution in [0, 0.1) is 0 Å². The quantitative estimate of drug-likeness (QED) is 0.438. The zero-order valence-corrected chi connectivity index (χ0v) is 10.9. The first-order chi connectivity index (χ1) is 8.90. The highest BCUT2D eigenvalue weighted by Crippen LogP contribution is 2.19. The molecule has 0 amide bonds. The van der Waals surface area contributed by atoms with Gasteiger partial charge < -0.3 is 19.3 Å². The number of carbonyl (C=O) groups excluding carboxylic acids is 1. The molecule has 2 aliphatic heterocycles. The van der Waals surface area contributed by atoms with Gasteiger partial charge in [-0.3, -0.25) is 0 Å². The molecule has 2 aliphatic rings. The molecule has 0 aromatic heterocycles. The molecule has 2 rings (SSSR count). The van der Waals surface area contributed by atoms with Crippen molar-refractivity contribution in [2.45, 2.75) is 25.6 Å². The Hall–Kier alpha value is -1.66. The van der Waals surface area contributed by atoms with E-state index in [1.807, 2.05) is 0 Å². The minimum atomic E-state index is -0.935. The third kappa shape index (κ3) is 7.38. The second-order valence-corrected chi connectivity index (χ2v) is 4.40. The summed E-state index contributed by atoms with van der Waals surface area (Å²) in [4.78, 5) is 20.8. The van der Waals surface area contributed by atoms with E-state index in [1.54, 1.807) is 0 Å². The first-order valence-electron chi connectivity index (χ1n) is 5.87. The molecule has 2 atom stereocenters. The van der Waals surface area contributed by atoms with Crippen molar-refractivity contribution in [2.24, 2.45) is 0 Å². The third-order valence-electron chi connectivity index (χ3n) is 2.33. The van der Waals surface area contributed by atoms with Gasteiger partial charge in [0.15, 0.2) is 0 Å². The van der Waals surface area contributed by atoms with Crippen molar-refractivity contribution >= 4 is 11.9 Å². The van der Waals surface area contributed by atoms with Crippen LogP contribution in [-0.2, 0) is 23.8 Å². The van der Waals surface area contributed by atoms with Crippen LogP contribution < -0.4 is 0 Å². The topological polar surface area (TPSA) is 88.7 Å². The van der Waals surface area contributed by atoms with Gasteiger partial charge in [0.1, 0.15) is 12.7 Å². The van der Waals surface area contributed by atoms with E-state index in [4.69, 9.17) is 19.3 Å². The van der Waals surface area contributed by atoms with Gasteiger partial charge in [0.05, 0.1) is 19.3 Å². The summed E-state index contributed by atoms with van der Waals surface area (Å²) in [6.45, 7) is 10.0. The number of carboxylic acids is 1. The smallest absolute Gasteiger partial charge is 0.333 e. The van der Waals surface area contributed by atoms with Crippen LogP contribution >= 0.6 is 0 Å².